The third-order valence-corrected chi connectivity index (χ3v) is 4.04. The SMILES string of the molecule is OC(Cc1ccc(Cl)cc1F)C1Cc2ccccc21. The molecule has 1 aliphatic carbocycles. The number of hydrogen-bond acceptors (Lipinski definition) is 1. The smallest absolute Gasteiger partial charge is 0.127 e. The van der Waals surface area contributed by atoms with Gasteiger partial charge in [-0.3, -0.25) is 0 Å². The first-order valence-electron chi connectivity index (χ1n) is 6.35. The molecule has 0 bridgehead atoms. The highest BCUT2D eigenvalue weighted by Gasteiger charge is 2.31. The van der Waals surface area contributed by atoms with Gasteiger partial charge in [0.05, 0.1) is 6.10 Å². The van der Waals surface area contributed by atoms with E-state index in [1.54, 1.807) is 12.1 Å². The van der Waals surface area contributed by atoms with Crippen LogP contribution in [0.5, 0.6) is 0 Å². The van der Waals surface area contributed by atoms with Crippen LogP contribution in [0.3, 0.4) is 0 Å². The van der Waals surface area contributed by atoms with E-state index >= 15 is 0 Å². The van der Waals surface area contributed by atoms with Crippen LogP contribution in [0.1, 0.15) is 22.6 Å². The molecule has 1 N–H and O–H groups in total. The van der Waals surface area contributed by atoms with Gasteiger partial charge in [0.1, 0.15) is 5.82 Å². The molecule has 0 amide bonds. The van der Waals surface area contributed by atoms with E-state index in [-0.39, 0.29) is 11.7 Å². The number of benzene rings is 2. The van der Waals surface area contributed by atoms with Crippen molar-refractivity contribution in [2.45, 2.75) is 24.9 Å². The van der Waals surface area contributed by atoms with E-state index in [1.165, 1.54) is 17.2 Å². The first-order chi connectivity index (χ1) is 9.15. The first kappa shape index (κ1) is 12.6. The molecule has 98 valence electrons. The molecule has 0 heterocycles. The maximum Gasteiger partial charge on any atom is 0.127 e. The Balaban J connectivity index is 1.75. The van der Waals surface area contributed by atoms with Crippen molar-refractivity contribution in [2.24, 2.45) is 0 Å². The summed E-state index contributed by atoms with van der Waals surface area (Å²) < 4.78 is 13.7. The Bertz CT molecular complexity index is 611. The minimum atomic E-state index is -0.550. The van der Waals surface area contributed by atoms with Crippen LogP contribution in [-0.4, -0.2) is 11.2 Å². The monoisotopic (exact) mass is 276 g/mol. The lowest BCUT2D eigenvalue weighted by atomic mass is 9.73. The minimum Gasteiger partial charge on any atom is -0.392 e. The predicted molar refractivity (Wildman–Crippen MR) is 74.0 cm³/mol. The van der Waals surface area contributed by atoms with Crippen molar-refractivity contribution in [1.82, 2.24) is 0 Å². The van der Waals surface area contributed by atoms with Crippen molar-refractivity contribution in [1.29, 1.82) is 0 Å². The highest BCUT2D eigenvalue weighted by atomic mass is 35.5. The molecule has 2 aromatic rings. The molecule has 2 unspecified atom stereocenters. The van der Waals surface area contributed by atoms with Crippen LogP contribution in [0.25, 0.3) is 0 Å². The fourth-order valence-corrected chi connectivity index (χ4v) is 2.85. The van der Waals surface area contributed by atoms with Gasteiger partial charge in [0.25, 0.3) is 0 Å². The van der Waals surface area contributed by atoms with Crippen molar-refractivity contribution in [2.75, 3.05) is 0 Å². The summed E-state index contributed by atoms with van der Waals surface area (Å²) in [6.07, 6.45) is 0.639. The molecule has 0 aliphatic heterocycles. The van der Waals surface area contributed by atoms with Crippen LogP contribution in [0.15, 0.2) is 42.5 Å². The summed E-state index contributed by atoms with van der Waals surface area (Å²) in [4.78, 5) is 0. The average Bonchev–Trinajstić information content (AvgIpc) is 2.34. The topological polar surface area (TPSA) is 20.2 Å². The van der Waals surface area contributed by atoms with Gasteiger partial charge in [-0.15, -0.1) is 0 Å². The van der Waals surface area contributed by atoms with E-state index in [0.29, 0.717) is 17.0 Å². The maximum atomic E-state index is 13.7. The fraction of sp³-hybridized carbons (Fsp3) is 0.250. The molecule has 0 saturated heterocycles. The lowest BCUT2D eigenvalue weighted by Crippen LogP contribution is -2.30. The summed E-state index contributed by atoms with van der Waals surface area (Å²) in [7, 11) is 0. The van der Waals surface area contributed by atoms with Gasteiger partial charge in [-0.05, 0) is 35.2 Å². The summed E-state index contributed by atoms with van der Waals surface area (Å²) in [6.45, 7) is 0. The quantitative estimate of drug-likeness (QED) is 0.906. The second-order valence-corrected chi connectivity index (χ2v) is 5.45. The van der Waals surface area contributed by atoms with Crippen LogP contribution in [0.4, 0.5) is 4.39 Å². The van der Waals surface area contributed by atoms with Gasteiger partial charge in [0.2, 0.25) is 0 Å². The van der Waals surface area contributed by atoms with Crippen molar-refractivity contribution in [3.05, 3.63) is 70.0 Å². The Morgan fingerprint density at radius 3 is 2.79 bits per heavy atom. The van der Waals surface area contributed by atoms with E-state index in [9.17, 15) is 9.50 Å². The average molecular weight is 277 g/mol. The van der Waals surface area contributed by atoms with Crippen LogP contribution >= 0.6 is 11.6 Å². The molecule has 0 spiro atoms. The zero-order valence-electron chi connectivity index (χ0n) is 10.3. The standard InChI is InChI=1S/C16H14ClFO/c17-12-6-5-11(15(18)9-12)8-16(19)14-7-10-3-1-2-4-13(10)14/h1-6,9,14,16,19H,7-8H2. The first-order valence-corrected chi connectivity index (χ1v) is 6.73. The number of aliphatic hydroxyl groups excluding tert-OH is 1. The maximum absolute atomic E-state index is 13.7. The molecule has 0 fully saturated rings. The van der Waals surface area contributed by atoms with E-state index in [0.717, 1.165) is 6.42 Å². The second kappa shape index (κ2) is 4.95. The Labute approximate surface area is 116 Å². The van der Waals surface area contributed by atoms with Crippen molar-refractivity contribution < 1.29 is 9.50 Å². The lowest BCUT2D eigenvalue weighted by molar-refractivity contribution is 0.132. The zero-order chi connectivity index (χ0) is 13.4. The summed E-state index contributed by atoms with van der Waals surface area (Å²) in [5, 5.41) is 10.6. The Morgan fingerprint density at radius 1 is 1.26 bits per heavy atom. The molecular weight excluding hydrogens is 263 g/mol. The molecule has 3 heteroatoms. The van der Waals surface area contributed by atoms with Gasteiger partial charge in [0, 0.05) is 17.4 Å². The van der Waals surface area contributed by atoms with Crippen molar-refractivity contribution >= 4 is 11.6 Å². The largest absolute Gasteiger partial charge is 0.392 e. The fourth-order valence-electron chi connectivity index (χ4n) is 2.70. The number of hydrogen-bond donors (Lipinski definition) is 1. The molecule has 1 nitrogen and oxygen atoms in total. The molecular formula is C16H14ClFO. The molecule has 1 aliphatic rings. The molecule has 2 aromatic carbocycles. The third kappa shape index (κ3) is 2.38. The normalized spacial score (nSPS) is 18.6. The number of fused-ring (bicyclic) bond motifs is 1. The van der Waals surface area contributed by atoms with Gasteiger partial charge in [-0.25, -0.2) is 4.39 Å². The van der Waals surface area contributed by atoms with Crippen LogP contribution in [0.2, 0.25) is 5.02 Å². The Hall–Kier alpha value is -1.38. The van der Waals surface area contributed by atoms with Gasteiger partial charge in [-0.2, -0.15) is 0 Å². The van der Waals surface area contributed by atoms with Crippen LogP contribution in [0, 0.1) is 5.82 Å². The number of halogens is 2. The Kier molecular flexibility index (Phi) is 3.29. The lowest BCUT2D eigenvalue weighted by Gasteiger charge is -2.34. The van der Waals surface area contributed by atoms with E-state index in [4.69, 9.17) is 11.6 Å². The summed E-state index contributed by atoms with van der Waals surface area (Å²) >= 11 is 5.72. The van der Waals surface area contributed by atoms with Crippen molar-refractivity contribution in [3.63, 3.8) is 0 Å². The Morgan fingerprint density at radius 2 is 2.05 bits per heavy atom. The second-order valence-electron chi connectivity index (χ2n) is 5.02. The van der Waals surface area contributed by atoms with Gasteiger partial charge >= 0.3 is 0 Å². The third-order valence-electron chi connectivity index (χ3n) is 3.80. The zero-order valence-corrected chi connectivity index (χ0v) is 11.1. The van der Waals surface area contributed by atoms with Gasteiger partial charge < -0.3 is 5.11 Å². The highest BCUT2D eigenvalue weighted by Crippen LogP contribution is 2.38. The molecule has 0 saturated carbocycles. The minimum absolute atomic E-state index is 0.117. The summed E-state index contributed by atoms with van der Waals surface area (Å²) in [6, 6.07) is 12.7. The van der Waals surface area contributed by atoms with Crippen LogP contribution in [-0.2, 0) is 12.8 Å². The van der Waals surface area contributed by atoms with E-state index < -0.39 is 6.10 Å². The van der Waals surface area contributed by atoms with Gasteiger partial charge in [-0.1, -0.05) is 41.9 Å². The highest BCUT2D eigenvalue weighted by molar-refractivity contribution is 6.30. The predicted octanol–water partition coefficient (Wildman–Crippen LogP) is 3.72. The van der Waals surface area contributed by atoms with Crippen molar-refractivity contribution in [3.8, 4) is 0 Å². The summed E-state index contributed by atoms with van der Waals surface area (Å²) in [5.74, 6) is -0.231. The molecule has 0 radical (unpaired) electrons. The number of aliphatic hydroxyl groups is 1. The molecule has 3 rings (SSSR count). The van der Waals surface area contributed by atoms with Crippen LogP contribution < -0.4 is 0 Å². The molecule has 2 atom stereocenters. The van der Waals surface area contributed by atoms with E-state index in [2.05, 4.69) is 6.07 Å². The van der Waals surface area contributed by atoms with Gasteiger partial charge in [0.15, 0.2) is 0 Å². The number of rotatable bonds is 3. The van der Waals surface area contributed by atoms with E-state index in [1.807, 2.05) is 18.2 Å². The molecule has 19 heavy (non-hydrogen) atoms. The molecule has 0 aromatic heterocycles. The summed E-state index contributed by atoms with van der Waals surface area (Å²) in [5.41, 5.74) is 2.98.